The molecule has 33 heavy (non-hydrogen) atoms. The zero-order chi connectivity index (χ0) is 23.2. The molecule has 0 saturated carbocycles. The molecular weight excluding hydrogens is 454 g/mol. The largest absolute Gasteiger partial charge is 0.497 e. The predicted molar refractivity (Wildman–Crippen MR) is 134 cm³/mol. The van der Waals surface area contributed by atoms with Crippen molar-refractivity contribution >= 4 is 35.2 Å². The van der Waals surface area contributed by atoms with Gasteiger partial charge in [-0.3, -0.25) is 9.36 Å². The average Bonchev–Trinajstić information content (AvgIpc) is 3.44. The molecule has 0 aliphatic carbocycles. The normalized spacial score (nSPS) is 11.1. The molecule has 2 heterocycles. The van der Waals surface area contributed by atoms with Gasteiger partial charge in [-0.2, -0.15) is 5.10 Å². The third-order valence-electron chi connectivity index (χ3n) is 4.75. The summed E-state index contributed by atoms with van der Waals surface area (Å²) < 4.78 is 7.22. The van der Waals surface area contributed by atoms with E-state index >= 15 is 0 Å². The van der Waals surface area contributed by atoms with E-state index in [1.165, 1.54) is 16.6 Å². The van der Waals surface area contributed by atoms with Crippen molar-refractivity contribution in [3.05, 3.63) is 76.0 Å². The molecule has 1 N–H and O–H groups in total. The molecule has 2 aromatic heterocycles. The zero-order valence-corrected chi connectivity index (χ0v) is 20.1. The van der Waals surface area contributed by atoms with E-state index in [4.69, 9.17) is 4.74 Å². The number of nitrogens with zero attached hydrogens (tertiary/aromatic N) is 4. The number of hydrogen-bond acceptors (Lipinski definition) is 7. The summed E-state index contributed by atoms with van der Waals surface area (Å²) in [6.07, 6.45) is 1.65. The maximum Gasteiger partial charge on any atom is 0.250 e. The Labute approximate surface area is 200 Å². The predicted octanol–water partition coefficient (Wildman–Crippen LogP) is 4.86. The fourth-order valence-electron chi connectivity index (χ4n) is 3.07. The summed E-state index contributed by atoms with van der Waals surface area (Å²) >= 11 is 2.93. The van der Waals surface area contributed by atoms with Crippen molar-refractivity contribution in [3.63, 3.8) is 0 Å². The number of hydrogen-bond donors (Lipinski definition) is 1. The number of rotatable bonds is 8. The topological polar surface area (TPSA) is 81.4 Å². The van der Waals surface area contributed by atoms with Crippen LogP contribution in [0, 0.1) is 13.8 Å². The molecule has 4 aromatic rings. The Morgan fingerprint density at radius 3 is 2.52 bits per heavy atom. The Balaban J connectivity index is 1.53. The summed E-state index contributed by atoms with van der Waals surface area (Å²) in [6, 6.07) is 19.7. The highest BCUT2D eigenvalue weighted by Crippen LogP contribution is 2.29. The van der Waals surface area contributed by atoms with Gasteiger partial charge in [-0.05, 0) is 62.4 Å². The molecule has 0 bridgehead atoms. The van der Waals surface area contributed by atoms with Crippen LogP contribution in [0.5, 0.6) is 5.75 Å². The van der Waals surface area contributed by atoms with Gasteiger partial charge in [0.15, 0.2) is 11.0 Å². The fraction of sp³-hybridized carbons (Fsp3) is 0.167. The van der Waals surface area contributed by atoms with E-state index in [1.54, 1.807) is 24.7 Å². The van der Waals surface area contributed by atoms with Crippen LogP contribution in [0.2, 0.25) is 0 Å². The molecule has 0 atom stereocenters. The lowest BCUT2D eigenvalue weighted by atomic mass is 10.2. The minimum atomic E-state index is -0.214. The van der Waals surface area contributed by atoms with Gasteiger partial charge in [0, 0.05) is 21.0 Å². The van der Waals surface area contributed by atoms with E-state index in [1.807, 2.05) is 79.1 Å². The van der Waals surface area contributed by atoms with Crippen molar-refractivity contribution in [2.45, 2.75) is 19.0 Å². The van der Waals surface area contributed by atoms with Gasteiger partial charge < -0.3 is 4.74 Å². The smallest absolute Gasteiger partial charge is 0.250 e. The van der Waals surface area contributed by atoms with E-state index in [0.29, 0.717) is 11.0 Å². The molecule has 0 unspecified atom stereocenters. The van der Waals surface area contributed by atoms with Gasteiger partial charge in [0.25, 0.3) is 5.91 Å². The molecule has 9 heteroatoms. The Bertz CT molecular complexity index is 1260. The minimum absolute atomic E-state index is 0.160. The van der Waals surface area contributed by atoms with Gasteiger partial charge in [-0.15, -0.1) is 21.5 Å². The van der Waals surface area contributed by atoms with Crippen LogP contribution >= 0.6 is 23.1 Å². The van der Waals surface area contributed by atoms with E-state index in [2.05, 4.69) is 20.7 Å². The monoisotopic (exact) mass is 477 g/mol. The van der Waals surface area contributed by atoms with Crippen LogP contribution in [0.15, 0.2) is 70.9 Å². The van der Waals surface area contributed by atoms with Crippen molar-refractivity contribution in [2.75, 3.05) is 12.9 Å². The molecule has 2 aromatic carbocycles. The fourth-order valence-corrected chi connectivity index (χ4v) is 4.56. The summed E-state index contributed by atoms with van der Waals surface area (Å²) in [6.45, 7) is 4.07. The number of carbonyl (C=O) groups excluding carboxylic acids is 1. The van der Waals surface area contributed by atoms with Gasteiger partial charge in [0.2, 0.25) is 0 Å². The van der Waals surface area contributed by atoms with Gasteiger partial charge in [0.05, 0.1) is 19.1 Å². The molecule has 7 nitrogen and oxygen atoms in total. The summed E-state index contributed by atoms with van der Waals surface area (Å²) in [5.41, 5.74) is 5.55. The first-order chi connectivity index (χ1) is 16.0. The first-order valence-electron chi connectivity index (χ1n) is 10.2. The van der Waals surface area contributed by atoms with Gasteiger partial charge in [0.1, 0.15) is 5.75 Å². The third-order valence-corrected chi connectivity index (χ3v) is 6.61. The van der Waals surface area contributed by atoms with Crippen molar-refractivity contribution in [2.24, 2.45) is 5.10 Å². The number of aryl methyl sites for hydroxylation is 2. The third kappa shape index (κ3) is 5.68. The van der Waals surface area contributed by atoms with Crippen molar-refractivity contribution in [1.82, 2.24) is 20.2 Å². The van der Waals surface area contributed by atoms with Crippen LogP contribution in [0.4, 0.5) is 0 Å². The molecule has 0 fully saturated rings. The van der Waals surface area contributed by atoms with Crippen LogP contribution in [0.1, 0.15) is 15.3 Å². The standard InChI is InChI=1S/C24H23N5O2S2/c1-16-4-9-19(10-5-16)29-23(18-7-11-20(31-3)12-8-18)27-28-24(29)32-15-22(30)26-25-14-21-13-6-17(2)33-21/h4-14H,15H2,1-3H3,(H,26,30)/b25-14-. The van der Waals surface area contributed by atoms with Crippen molar-refractivity contribution in [3.8, 4) is 22.8 Å². The molecule has 0 spiro atoms. The van der Waals surface area contributed by atoms with Gasteiger partial charge in [-0.1, -0.05) is 29.5 Å². The second-order valence-electron chi connectivity index (χ2n) is 7.24. The molecular formula is C24H23N5O2S2. The lowest BCUT2D eigenvalue weighted by Crippen LogP contribution is -2.19. The lowest BCUT2D eigenvalue weighted by Gasteiger charge is -2.11. The van der Waals surface area contributed by atoms with Gasteiger partial charge >= 0.3 is 0 Å². The van der Waals surface area contributed by atoms with Crippen molar-refractivity contribution < 1.29 is 9.53 Å². The van der Waals surface area contributed by atoms with Crippen LogP contribution in [-0.2, 0) is 4.79 Å². The van der Waals surface area contributed by atoms with Crippen LogP contribution in [-0.4, -0.2) is 39.7 Å². The maximum atomic E-state index is 12.3. The molecule has 1 amide bonds. The Kier molecular flexibility index (Phi) is 7.21. The number of carbonyl (C=O) groups is 1. The highest BCUT2D eigenvalue weighted by Gasteiger charge is 2.17. The number of methoxy groups -OCH3 is 1. The van der Waals surface area contributed by atoms with Crippen LogP contribution in [0.25, 0.3) is 17.1 Å². The highest BCUT2D eigenvalue weighted by molar-refractivity contribution is 7.99. The van der Waals surface area contributed by atoms with Crippen molar-refractivity contribution in [1.29, 1.82) is 0 Å². The van der Waals surface area contributed by atoms with E-state index in [0.717, 1.165) is 27.4 Å². The SMILES string of the molecule is COc1ccc(-c2nnc(SCC(=O)N/N=C\c3ccc(C)s3)n2-c2ccc(C)cc2)cc1. The van der Waals surface area contributed by atoms with Crippen LogP contribution < -0.4 is 10.2 Å². The summed E-state index contributed by atoms with van der Waals surface area (Å²) in [5.74, 6) is 1.40. The molecule has 0 aliphatic rings. The summed E-state index contributed by atoms with van der Waals surface area (Å²) in [4.78, 5) is 14.5. The number of benzene rings is 2. The molecule has 0 aliphatic heterocycles. The summed E-state index contributed by atoms with van der Waals surface area (Å²) in [5, 5.41) is 13.4. The minimum Gasteiger partial charge on any atom is -0.497 e. The molecule has 0 radical (unpaired) electrons. The second kappa shape index (κ2) is 10.5. The maximum absolute atomic E-state index is 12.3. The quantitative estimate of drug-likeness (QED) is 0.223. The molecule has 0 saturated heterocycles. The number of amides is 1. The van der Waals surface area contributed by atoms with E-state index in [-0.39, 0.29) is 11.7 Å². The van der Waals surface area contributed by atoms with Crippen LogP contribution in [0.3, 0.4) is 0 Å². The lowest BCUT2D eigenvalue weighted by molar-refractivity contribution is -0.118. The Morgan fingerprint density at radius 1 is 1.09 bits per heavy atom. The van der Waals surface area contributed by atoms with E-state index < -0.39 is 0 Å². The number of thiophene rings is 1. The number of nitrogens with one attached hydrogen (secondary N) is 1. The molecule has 168 valence electrons. The first kappa shape index (κ1) is 22.8. The number of ether oxygens (including phenoxy) is 1. The average molecular weight is 478 g/mol. The molecule has 4 rings (SSSR count). The Hall–Kier alpha value is -3.43. The zero-order valence-electron chi connectivity index (χ0n) is 18.5. The highest BCUT2D eigenvalue weighted by atomic mass is 32.2. The number of hydrazone groups is 1. The van der Waals surface area contributed by atoms with E-state index in [9.17, 15) is 4.79 Å². The number of thioether (sulfide) groups is 1. The van der Waals surface area contributed by atoms with Gasteiger partial charge in [-0.25, -0.2) is 5.43 Å². The summed E-state index contributed by atoms with van der Waals surface area (Å²) in [7, 11) is 1.63. The Morgan fingerprint density at radius 2 is 1.85 bits per heavy atom. The second-order valence-corrected chi connectivity index (χ2v) is 9.50. The number of aromatic nitrogens is 3. The first-order valence-corrected chi connectivity index (χ1v) is 12.0.